The van der Waals surface area contributed by atoms with Gasteiger partial charge in [0.2, 0.25) is 10.0 Å². The van der Waals surface area contributed by atoms with Crippen molar-refractivity contribution in [3.63, 3.8) is 0 Å². The van der Waals surface area contributed by atoms with Crippen LogP contribution in [0.2, 0.25) is 0 Å². The van der Waals surface area contributed by atoms with Gasteiger partial charge in [0.25, 0.3) is 0 Å². The van der Waals surface area contributed by atoms with E-state index in [1.54, 1.807) is 6.07 Å². The van der Waals surface area contributed by atoms with Gasteiger partial charge < -0.3 is 26.6 Å². The van der Waals surface area contributed by atoms with E-state index in [1.165, 1.54) is 24.3 Å². The molecule has 11 nitrogen and oxygen atoms in total. The van der Waals surface area contributed by atoms with Gasteiger partial charge in [-0.05, 0) is 31.4 Å². The number of carbonyl (C=O) groups is 2. The van der Waals surface area contributed by atoms with Crippen LogP contribution in [0.5, 0.6) is 0 Å². The van der Waals surface area contributed by atoms with Gasteiger partial charge in [-0.25, -0.2) is 13.2 Å². The zero-order valence-electron chi connectivity index (χ0n) is 15.9. The number of carbonyl (C=O) groups excluding carboxylic acids is 1. The third-order valence-electron chi connectivity index (χ3n) is 3.68. The fraction of sp³-hybridized carbons (Fsp3) is 0.471. The number of amides is 1. The second-order valence-electron chi connectivity index (χ2n) is 6.06. The highest BCUT2D eigenvalue weighted by Gasteiger charge is 2.25. The molecule has 1 rings (SSSR count). The Morgan fingerprint density at radius 1 is 1.10 bits per heavy atom. The molecule has 0 heterocycles. The van der Waals surface area contributed by atoms with Crippen molar-refractivity contribution in [2.75, 3.05) is 19.7 Å². The van der Waals surface area contributed by atoms with Gasteiger partial charge in [-0.3, -0.25) is 9.79 Å². The van der Waals surface area contributed by atoms with Crippen molar-refractivity contribution in [2.24, 2.45) is 16.5 Å². The number of sulfonamides is 1. The summed E-state index contributed by atoms with van der Waals surface area (Å²) < 4.78 is 31.4. The van der Waals surface area contributed by atoms with Gasteiger partial charge in [0.05, 0.1) is 11.5 Å². The normalized spacial score (nSPS) is 12.0. The summed E-state index contributed by atoms with van der Waals surface area (Å²) >= 11 is 0. The third kappa shape index (κ3) is 10.3. The number of rotatable bonds is 13. The maximum absolute atomic E-state index is 12.2. The van der Waals surface area contributed by atoms with Crippen molar-refractivity contribution >= 4 is 28.0 Å². The second kappa shape index (κ2) is 12.6. The van der Waals surface area contributed by atoms with Crippen LogP contribution in [0.3, 0.4) is 0 Å². The number of alkyl carbamates (subject to hydrolysis) is 1. The van der Waals surface area contributed by atoms with Gasteiger partial charge in [-0.1, -0.05) is 24.6 Å². The Labute approximate surface area is 169 Å². The monoisotopic (exact) mass is 429 g/mol. The molecular weight excluding hydrogens is 402 g/mol. The number of aliphatic carboxylic acids is 1. The summed E-state index contributed by atoms with van der Waals surface area (Å²) in [6.07, 6.45) is 2.28. The number of unbranched alkanes of at least 4 members (excludes halogenated alkanes) is 3. The Balaban J connectivity index is 2.32. The van der Waals surface area contributed by atoms with Crippen LogP contribution in [0.15, 0.2) is 40.2 Å². The molecule has 0 aliphatic heterocycles. The standard InChI is InChI=1S/C17H27N5O6S/c18-16(19)20-10-6-1-2-7-11-28-17(25)21-12-14(15(23)24)22-29(26,27)13-8-4-3-5-9-13/h3-5,8-9,14,22H,1-2,6-7,10-12H2,(H,21,25)(H,23,24)(H4,18,19,20). The van der Waals surface area contributed by atoms with Crippen molar-refractivity contribution in [3.8, 4) is 0 Å². The van der Waals surface area contributed by atoms with Crippen LogP contribution in [0.25, 0.3) is 0 Å². The molecule has 1 amide bonds. The highest BCUT2D eigenvalue weighted by atomic mass is 32.2. The van der Waals surface area contributed by atoms with E-state index in [-0.39, 0.29) is 17.5 Å². The topological polar surface area (TPSA) is 186 Å². The first-order chi connectivity index (χ1) is 13.7. The van der Waals surface area contributed by atoms with E-state index in [0.717, 1.165) is 19.3 Å². The molecule has 1 unspecified atom stereocenters. The zero-order valence-corrected chi connectivity index (χ0v) is 16.7. The van der Waals surface area contributed by atoms with Crippen molar-refractivity contribution < 1.29 is 27.9 Å². The van der Waals surface area contributed by atoms with E-state index in [9.17, 15) is 23.1 Å². The zero-order chi connectivity index (χ0) is 21.7. The number of hydrogen-bond donors (Lipinski definition) is 5. The van der Waals surface area contributed by atoms with Crippen LogP contribution >= 0.6 is 0 Å². The lowest BCUT2D eigenvalue weighted by Gasteiger charge is -2.15. The van der Waals surface area contributed by atoms with Crippen LogP contribution in [0, 0.1) is 0 Å². The minimum absolute atomic E-state index is 0.0516. The van der Waals surface area contributed by atoms with Crippen LogP contribution in [-0.2, 0) is 19.6 Å². The second-order valence-corrected chi connectivity index (χ2v) is 7.78. The van der Waals surface area contributed by atoms with E-state index < -0.39 is 34.7 Å². The molecule has 0 radical (unpaired) electrons. The molecule has 7 N–H and O–H groups in total. The first kappa shape index (κ1) is 24.2. The molecule has 0 spiro atoms. The SMILES string of the molecule is NC(N)=NCCCCCCOC(=O)NCC(NS(=O)(=O)c1ccccc1)C(=O)O. The average Bonchev–Trinajstić information content (AvgIpc) is 2.67. The van der Waals surface area contributed by atoms with Gasteiger partial charge in [0, 0.05) is 13.1 Å². The molecule has 1 atom stereocenters. The Morgan fingerprint density at radius 3 is 2.38 bits per heavy atom. The lowest BCUT2D eigenvalue weighted by Crippen LogP contribution is -2.48. The fourth-order valence-corrected chi connectivity index (χ4v) is 3.42. The van der Waals surface area contributed by atoms with E-state index >= 15 is 0 Å². The smallest absolute Gasteiger partial charge is 0.407 e. The van der Waals surface area contributed by atoms with Crippen LogP contribution < -0.4 is 21.5 Å². The third-order valence-corrected chi connectivity index (χ3v) is 5.17. The average molecular weight is 429 g/mol. The molecular formula is C17H27N5O6S. The molecule has 0 saturated heterocycles. The number of nitrogens with zero attached hydrogens (tertiary/aromatic N) is 1. The van der Waals surface area contributed by atoms with Crippen molar-refractivity contribution in [3.05, 3.63) is 30.3 Å². The van der Waals surface area contributed by atoms with E-state index in [0.29, 0.717) is 13.0 Å². The number of nitrogens with one attached hydrogen (secondary N) is 2. The van der Waals surface area contributed by atoms with Crippen molar-refractivity contribution in [1.29, 1.82) is 0 Å². The maximum Gasteiger partial charge on any atom is 0.407 e. The molecule has 162 valence electrons. The van der Waals surface area contributed by atoms with Crippen molar-refractivity contribution in [2.45, 2.75) is 36.6 Å². The molecule has 0 bridgehead atoms. The highest BCUT2D eigenvalue weighted by molar-refractivity contribution is 7.89. The van der Waals surface area contributed by atoms with Gasteiger partial charge in [-0.15, -0.1) is 0 Å². The molecule has 0 aliphatic rings. The van der Waals surface area contributed by atoms with Gasteiger partial charge >= 0.3 is 12.1 Å². The Morgan fingerprint density at radius 2 is 1.76 bits per heavy atom. The Bertz CT molecular complexity index is 781. The fourth-order valence-electron chi connectivity index (χ4n) is 2.21. The van der Waals surface area contributed by atoms with Crippen molar-refractivity contribution in [1.82, 2.24) is 10.0 Å². The lowest BCUT2D eigenvalue weighted by molar-refractivity contribution is -0.138. The van der Waals surface area contributed by atoms with Gasteiger partial charge in [0.15, 0.2) is 5.96 Å². The number of benzene rings is 1. The van der Waals surface area contributed by atoms with E-state index in [4.69, 9.17) is 16.2 Å². The van der Waals surface area contributed by atoms with E-state index in [1.807, 2.05) is 4.72 Å². The first-order valence-corrected chi connectivity index (χ1v) is 10.5. The molecule has 29 heavy (non-hydrogen) atoms. The summed E-state index contributed by atoms with van der Waals surface area (Å²) in [6, 6.07) is 5.79. The summed E-state index contributed by atoms with van der Waals surface area (Å²) in [6.45, 7) is 0.236. The molecule has 0 saturated carbocycles. The Kier molecular flexibility index (Phi) is 10.5. The van der Waals surface area contributed by atoms with Crippen LogP contribution in [-0.4, -0.2) is 57.3 Å². The molecule has 12 heteroatoms. The largest absolute Gasteiger partial charge is 0.480 e. The van der Waals surface area contributed by atoms with Crippen LogP contribution in [0.1, 0.15) is 25.7 Å². The minimum Gasteiger partial charge on any atom is -0.480 e. The molecule has 1 aromatic rings. The van der Waals surface area contributed by atoms with E-state index in [2.05, 4.69) is 10.3 Å². The number of carboxylic acids is 1. The number of guanidine groups is 1. The Hall–Kier alpha value is -2.86. The summed E-state index contributed by atoms with van der Waals surface area (Å²) in [5.74, 6) is -1.37. The highest BCUT2D eigenvalue weighted by Crippen LogP contribution is 2.08. The molecule has 0 fully saturated rings. The summed E-state index contributed by atoms with van der Waals surface area (Å²) in [7, 11) is -4.04. The lowest BCUT2D eigenvalue weighted by atomic mass is 10.2. The number of ether oxygens (including phenoxy) is 1. The predicted molar refractivity (Wildman–Crippen MR) is 107 cm³/mol. The maximum atomic E-state index is 12.2. The first-order valence-electron chi connectivity index (χ1n) is 8.98. The quantitative estimate of drug-likeness (QED) is 0.164. The number of aliphatic imine (C=N–C) groups is 1. The molecule has 0 aliphatic carbocycles. The number of nitrogens with two attached hydrogens (primary N) is 2. The molecule has 1 aromatic carbocycles. The number of hydrogen-bond acceptors (Lipinski definition) is 6. The minimum atomic E-state index is -4.04. The summed E-state index contributed by atoms with van der Waals surface area (Å²) in [5, 5.41) is 11.5. The number of carboxylic acid groups (broad SMARTS) is 1. The summed E-state index contributed by atoms with van der Waals surface area (Å²) in [5.41, 5.74) is 10.4. The van der Waals surface area contributed by atoms with Gasteiger partial charge in [-0.2, -0.15) is 4.72 Å². The molecule has 0 aromatic heterocycles. The van der Waals surface area contributed by atoms with Gasteiger partial charge in [0.1, 0.15) is 6.04 Å². The summed E-state index contributed by atoms with van der Waals surface area (Å²) in [4.78, 5) is 26.7. The van der Waals surface area contributed by atoms with Crippen LogP contribution in [0.4, 0.5) is 4.79 Å². The predicted octanol–water partition coefficient (Wildman–Crippen LogP) is -0.0219.